The van der Waals surface area contributed by atoms with Crippen molar-refractivity contribution in [2.45, 2.75) is 44.2 Å². The SMILES string of the molecule is NC1CC(=O)N(c2ccnn2C2CCCC2)C1. The molecule has 0 bridgehead atoms. The maximum absolute atomic E-state index is 11.9. The first-order chi connectivity index (χ1) is 8.25. The summed E-state index contributed by atoms with van der Waals surface area (Å²) in [5, 5.41) is 4.38. The smallest absolute Gasteiger partial charge is 0.229 e. The molecule has 1 atom stereocenters. The van der Waals surface area contributed by atoms with E-state index >= 15 is 0 Å². The topological polar surface area (TPSA) is 64.2 Å². The molecule has 1 aromatic rings. The van der Waals surface area contributed by atoms with Crippen LogP contribution in [0.25, 0.3) is 0 Å². The number of nitrogens with two attached hydrogens (primary N) is 1. The van der Waals surface area contributed by atoms with E-state index in [2.05, 4.69) is 5.10 Å². The minimum atomic E-state index is -0.0329. The van der Waals surface area contributed by atoms with Gasteiger partial charge in [0.05, 0.1) is 12.2 Å². The highest BCUT2D eigenvalue weighted by Crippen LogP contribution is 2.33. The van der Waals surface area contributed by atoms with E-state index in [4.69, 9.17) is 5.73 Å². The summed E-state index contributed by atoms with van der Waals surface area (Å²) in [7, 11) is 0. The summed E-state index contributed by atoms with van der Waals surface area (Å²) >= 11 is 0. The van der Waals surface area contributed by atoms with Gasteiger partial charge in [0.1, 0.15) is 5.82 Å². The van der Waals surface area contributed by atoms with Crippen molar-refractivity contribution in [3.05, 3.63) is 12.3 Å². The molecule has 17 heavy (non-hydrogen) atoms. The Kier molecular flexibility index (Phi) is 2.63. The van der Waals surface area contributed by atoms with Crippen LogP contribution in [0.1, 0.15) is 38.1 Å². The Hall–Kier alpha value is -1.36. The lowest BCUT2D eigenvalue weighted by molar-refractivity contribution is -0.117. The van der Waals surface area contributed by atoms with Gasteiger partial charge in [-0.1, -0.05) is 12.8 Å². The molecule has 1 saturated carbocycles. The fraction of sp³-hybridized carbons (Fsp3) is 0.667. The Labute approximate surface area is 101 Å². The number of rotatable bonds is 2. The van der Waals surface area contributed by atoms with E-state index in [1.807, 2.05) is 10.7 Å². The normalized spacial score (nSPS) is 26.1. The van der Waals surface area contributed by atoms with Gasteiger partial charge in [-0.15, -0.1) is 0 Å². The zero-order chi connectivity index (χ0) is 11.8. The lowest BCUT2D eigenvalue weighted by atomic mass is 10.2. The number of aromatic nitrogens is 2. The molecule has 5 nitrogen and oxygen atoms in total. The third-order valence-electron chi connectivity index (χ3n) is 3.75. The Morgan fingerprint density at radius 2 is 2.12 bits per heavy atom. The van der Waals surface area contributed by atoms with Crippen molar-refractivity contribution in [3.63, 3.8) is 0 Å². The van der Waals surface area contributed by atoms with Crippen LogP contribution in [0.2, 0.25) is 0 Å². The van der Waals surface area contributed by atoms with Crippen LogP contribution in [0.5, 0.6) is 0 Å². The van der Waals surface area contributed by atoms with E-state index in [9.17, 15) is 4.79 Å². The Morgan fingerprint density at radius 3 is 2.76 bits per heavy atom. The molecule has 1 aromatic heterocycles. The second kappa shape index (κ2) is 4.14. The summed E-state index contributed by atoms with van der Waals surface area (Å²) in [5.74, 6) is 1.05. The van der Waals surface area contributed by atoms with E-state index in [-0.39, 0.29) is 11.9 Å². The van der Waals surface area contributed by atoms with Crippen molar-refractivity contribution < 1.29 is 4.79 Å². The van der Waals surface area contributed by atoms with Crippen LogP contribution in [-0.2, 0) is 4.79 Å². The molecule has 0 spiro atoms. The Bertz CT molecular complexity index is 422. The molecule has 3 rings (SSSR count). The maximum atomic E-state index is 11.9. The molecule has 2 aliphatic rings. The summed E-state index contributed by atoms with van der Waals surface area (Å²) in [6.45, 7) is 0.622. The van der Waals surface area contributed by atoms with Gasteiger partial charge in [-0.3, -0.25) is 9.69 Å². The first-order valence-corrected chi connectivity index (χ1v) is 6.35. The minimum absolute atomic E-state index is 0.0329. The number of carbonyl (C=O) groups is 1. The predicted octanol–water partition coefficient (Wildman–Crippen LogP) is 1.06. The molecule has 0 aromatic carbocycles. The molecule has 2 N–H and O–H groups in total. The summed E-state index contributed by atoms with van der Waals surface area (Å²) in [6.07, 6.45) is 7.10. The maximum Gasteiger partial charge on any atom is 0.229 e. The number of hydrogen-bond acceptors (Lipinski definition) is 3. The van der Waals surface area contributed by atoms with Gasteiger partial charge < -0.3 is 5.73 Å². The molecule has 5 heteroatoms. The van der Waals surface area contributed by atoms with Crippen molar-refractivity contribution in [2.75, 3.05) is 11.4 Å². The average Bonchev–Trinajstić information content (AvgIpc) is 2.97. The van der Waals surface area contributed by atoms with Gasteiger partial charge in [-0.05, 0) is 12.8 Å². The fourth-order valence-corrected chi connectivity index (χ4v) is 2.91. The predicted molar refractivity (Wildman–Crippen MR) is 64.7 cm³/mol. The second-order valence-electron chi connectivity index (χ2n) is 5.04. The highest BCUT2D eigenvalue weighted by atomic mass is 16.2. The fourth-order valence-electron chi connectivity index (χ4n) is 2.91. The molecule has 2 heterocycles. The quantitative estimate of drug-likeness (QED) is 0.832. The van der Waals surface area contributed by atoms with Crippen LogP contribution in [0.4, 0.5) is 5.82 Å². The van der Waals surface area contributed by atoms with Crippen molar-refractivity contribution >= 4 is 11.7 Å². The van der Waals surface area contributed by atoms with Gasteiger partial charge in [0, 0.05) is 25.1 Å². The number of carbonyl (C=O) groups excluding carboxylic acids is 1. The molecule has 0 radical (unpaired) electrons. The summed E-state index contributed by atoms with van der Waals surface area (Å²) in [5.41, 5.74) is 5.83. The molecule has 1 unspecified atom stereocenters. The molecule has 2 fully saturated rings. The van der Waals surface area contributed by atoms with E-state index in [1.54, 1.807) is 11.1 Å². The Morgan fingerprint density at radius 1 is 1.35 bits per heavy atom. The highest BCUT2D eigenvalue weighted by molar-refractivity contribution is 5.95. The van der Waals surface area contributed by atoms with Crippen molar-refractivity contribution in [2.24, 2.45) is 5.73 Å². The molecule has 1 aliphatic heterocycles. The van der Waals surface area contributed by atoms with Gasteiger partial charge in [-0.2, -0.15) is 5.10 Å². The van der Waals surface area contributed by atoms with E-state index < -0.39 is 0 Å². The van der Waals surface area contributed by atoms with Gasteiger partial charge in [0.2, 0.25) is 5.91 Å². The van der Waals surface area contributed by atoms with E-state index in [0.717, 1.165) is 5.82 Å². The monoisotopic (exact) mass is 234 g/mol. The zero-order valence-corrected chi connectivity index (χ0v) is 9.88. The number of amides is 1. The van der Waals surface area contributed by atoms with Crippen LogP contribution in [-0.4, -0.2) is 28.3 Å². The van der Waals surface area contributed by atoms with Crippen LogP contribution in [0, 0.1) is 0 Å². The number of anilines is 1. The standard InChI is InChI=1S/C12H18N4O/c13-9-7-12(17)15(8-9)11-5-6-14-16(11)10-3-1-2-4-10/h5-6,9-10H,1-4,7-8,13H2. The summed E-state index contributed by atoms with van der Waals surface area (Å²) < 4.78 is 2.02. The van der Waals surface area contributed by atoms with Crippen molar-refractivity contribution in [1.29, 1.82) is 0 Å². The molecule has 1 amide bonds. The van der Waals surface area contributed by atoms with Gasteiger partial charge in [0.25, 0.3) is 0 Å². The lowest BCUT2D eigenvalue weighted by Crippen LogP contribution is -2.30. The van der Waals surface area contributed by atoms with Crippen molar-refractivity contribution in [3.8, 4) is 0 Å². The molecule has 1 aliphatic carbocycles. The van der Waals surface area contributed by atoms with E-state index in [0.29, 0.717) is 19.0 Å². The van der Waals surface area contributed by atoms with Crippen LogP contribution >= 0.6 is 0 Å². The zero-order valence-electron chi connectivity index (χ0n) is 9.88. The molecule has 92 valence electrons. The third kappa shape index (κ3) is 1.84. The third-order valence-corrected chi connectivity index (χ3v) is 3.75. The number of hydrogen-bond donors (Lipinski definition) is 1. The minimum Gasteiger partial charge on any atom is -0.326 e. The van der Waals surface area contributed by atoms with Crippen molar-refractivity contribution in [1.82, 2.24) is 9.78 Å². The largest absolute Gasteiger partial charge is 0.326 e. The summed E-state index contributed by atoms with van der Waals surface area (Å²) in [4.78, 5) is 13.6. The van der Waals surface area contributed by atoms with Crippen LogP contribution < -0.4 is 10.6 Å². The second-order valence-corrected chi connectivity index (χ2v) is 5.04. The summed E-state index contributed by atoms with van der Waals surface area (Å²) in [6, 6.07) is 2.35. The molecule has 1 saturated heterocycles. The highest BCUT2D eigenvalue weighted by Gasteiger charge is 2.31. The molecular formula is C12H18N4O. The molecular weight excluding hydrogens is 216 g/mol. The first kappa shape index (κ1) is 10.8. The van der Waals surface area contributed by atoms with Gasteiger partial charge in [0.15, 0.2) is 0 Å². The van der Waals surface area contributed by atoms with Crippen LogP contribution in [0.15, 0.2) is 12.3 Å². The number of nitrogens with zero attached hydrogens (tertiary/aromatic N) is 3. The lowest BCUT2D eigenvalue weighted by Gasteiger charge is -2.21. The van der Waals surface area contributed by atoms with Crippen LogP contribution in [0.3, 0.4) is 0 Å². The first-order valence-electron chi connectivity index (χ1n) is 6.35. The Balaban J connectivity index is 1.88. The van der Waals surface area contributed by atoms with Gasteiger partial charge in [-0.25, -0.2) is 4.68 Å². The average molecular weight is 234 g/mol. The van der Waals surface area contributed by atoms with E-state index in [1.165, 1.54) is 25.7 Å². The van der Waals surface area contributed by atoms with Gasteiger partial charge >= 0.3 is 0 Å².